The molecule has 158 valence electrons. The molecule has 0 radical (unpaired) electrons. The topological polar surface area (TPSA) is 108 Å². The Morgan fingerprint density at radius 1 is 1.30 bits per heavy atom. The Kier molecular flexibility index (Phi) is 6.83. The zero-order valence-corrected chi connectivity index (χ0v) is 17.8. The van der Waals surface area contributed by atoms with Gasteiger partial charge in [-0.05, 0) is 38.0 Å². The highest BCUT2D eigenvalue weighted by atomic mass is 32.1. The summed E-state index contributed by atoms with van der Waals surface area (Å²) in [5, 5.41) is 5.59. The number of carbonyl (C=O) groups excluding carboxylic acids is 2. The summed E-state index contributed by atoms with van der Waals surface area (Å²) in [7, 11) is 1.54. The van der Waals surface area contributed by atoms with Crippen LogP contribution in [0, 0.1) is 6.92 Å². The highest BCUT2D eigenvalue weighted by Gasteiger charge is 2.15. The van der Waals surface area contributed by atoms with Crippen molar-refractivity contribution < 1.29 is 23.5 Å². The number of ether oxygens (including phenoxy) is 2. The van der Waals surface area contributed by atoms with Crippen LogP contribution in [0.2, 0.25) is 0 Å². The van der Waals surface area contributed by atoms with E-state index in [0.717, 1.165) is 10.9 Å². The van der Waals surface area contributed by atoms with E-state index in [1.54, 1.807) is 31.5 Å². The van der Waals surface area contributed by atoms with Crippen LogP contribution in [0.3, 0.4) is 0 Å². The Bertz CT molecular complexity index is 1130. The highest BCUT2D eigenvalue weighted by Crippen LogP contribution is 2.24. The zero-order chi connectivity index (χ0) is 21.7. The summed E-state index contributed by atoms with van der Waals surface area (Å²) in [4.78, 5) is 40.4. The third-order valence-corrected chi connectivity index (χ3v) is 5.33. The number of amides is 1. The third-order valence-electron chi connectivity index (χ3n) is 4.53. The smallest absolute Gasteiger partial charge is 0.339 e. The molecule has 0 aliphatic heterocycles. The van der Waals surface area contributed by atoms with E-state index in [0.29, 0.717) is 34.3 Å². The molecule has 0 fully saturated rings. The van der Waals surface area contributed by atoms with Crippen molar-refractivity contribution in [2.24, 2.45) is 0 Å². The predicted molar refractivity (Wildman–Crippen MR) is 113 cm³/mol. The molecule has 8 nitrogen and oxygen atoms in total. The first-order valence-electron chi connectivity index (χ1n) is 9.41. The molecule has 1 N–H and O–H groups in total. The van der Waals surface area contributed by atoms with Gasteiger partial charge in [-0.2, -0.15) is 0 Å². The standard InChI is InChI=1S/C21H22N2O6S/c1-4-28-19(25)9-13-11-30-21(22-13)23-18(24)8-7-16-12(2)15-6-5-14(27-3)10-17(15)29-20(16)26/h5-6,10-11H,4,7-9H2,1-3H3,(H,22,23,24). The molecule has 3 rings (SSSR count). The third kappa shape index (κ3) is 5.04. The summed E-state index contributed by atoms with van der Waals surface area (Å²) < 4.78 is 15.4. The number of nitrogens with zero attached hydrogens (tertiary/aromatic N) is 1. The minimum absolute atomic E-state index is 0.0579. The maximum absolute atomic E-state index is 12.4. The average Bonchev–Trinajstić information content (AvgIpc) is 3.13. The van der Waals surface area contributed by atoms with Crippen molar-refractivity contribution >= 4 is 39.3 Å². The van der Waals surface area contributed by atoms with Gasteiger partial charge >= 0.3 is 11.6 Å². The van der Waals surface area contributed by atoms with E-state index in [1.807, 2.05) is 13.0 Å². The lowest BCUT2D eigenvalue weighted by atomic mass is 10.0. The first kappa shape index (κ1) is 21.5. The van der Waals surface area contributed by atoms with Crippen LogP contribution < -0.4 is 15.7 Å². The van der Waals surface area contributed by atoms with Crippen molar-refractivity contribution in [2.75, 3.05) is 19.0 Å². The Morgan fingerprint density at radius 2 is 2.10 bits per heavy atom. The molecule has 0 atom stereocenters. The number of fused-ring (bicyclic) bond motifs is 1. The molecule has 0 spiro atoms. The number of benzene rings is 1. The minimum Gasteiger partial charge on any atom is -0.497 e. The number of thiazole rings is 1. The van der Waals surface area contributed by atoms with Crippen molar-refractivity contribution in [3.05, 3.63) is 50.8 Å². The summed E-state index contributed by atoms with van der Waals surface area (Å²) in [6.07, 6.45) is 0.394. The average molecular weight is 430 g/mol. The Hall–Kier alpha value is -3.20. The van der Waals surface area contributed by atoms with Crippen LogP contribution in [-0.2, 0) is 27.2 Å². The van der Waals surface area contributed by atoms with Crippen LogP contribution in [-0.4, -0.2) is 30.6 Å². The SMILES string of the molecule is CCOC(=O)Cc1csc(NC(=O)CCc2c(C)c3ccc(OC)cc3oc2=O)n1. The molecule has 0 unspecified atom stereocenters. The van der Waals surface area contributed by atoms with Gasteiger partial charge in [0.05, 0.1) is 25.8 Å². The minimum atomic E-state index is -0.466. The van der Waals surface area contributed by atoms with Crippen LogP contribution in [0.25, 0.3) is 11.0 Å². The molecule has 3 aromatic rings. The van der Waals surface area contributed by atoms with Crippen LogP contribution in [0.1, 0.15) is 30.2 Å². The number of rotatable bonds is 8. The summed E-state index contributed by atoms with van der Waals surface area (Å²) in [6.45, 7) is 3.88. The van der Waals surface area contributed by atoms with Crippen molar-refractivity contribution in [3.8, 4) is 5.75 Å². The van der Waals surface area contributed by atoms with Gasteiger partial charge in [-0.15, -0.1) is 11.3 Å². The second kappa shape index (κ2) is 9.53. The molecular weight excluding hydrogens is 408 g/mol. The number of aryl methyl sites for hydroxylation is 1. The molecule has 0 saturated carbocycles. The lowest BCUT2D eigenvalue weighted by molar-refractivity contribution is -0.142. The van der Waals surface area contributed by atoms with Crippen molar-refractivity contribution in [3.63, 3.8) is 0 Å². The maximum Gasteiger partial charge on any atom is 0.339 e. The van der Waals surface area contributed by atoms with Crippen LogP contribution in [0.15, 0.2) is 32.8 Å². The monoisotopic (exact) mass is 430 g/mol. The van der Waals surface area contributed by atoms with Gasteiger partial charge in [0.2, 0.25) is 5.91 Å². The highest BCUT2D eigenvalue weighted by molar-refractivity contribution is 7.13. The zero-order valence-electron chi connectivity index (χ0n) is 16.9. The summed E-state index contributed by atoms with van der Waals surface area (Å²) >= 11 is 1.23. The molecule has 1 amide bonds. The predicted octanol–water partition coefficient (Wildman–Crippen LogP) is 3.24. The van der Waals surface area contributed by atoms with Gasteiger partial charge in [0.15, 0.2) is 5.13 Å². The molecule has 0 bridgehead atoms. The number of methoxy groups -OCH3 is 1. The number of carbonyl (C=O) groups is 2. The van der Waals surface area contributed by atoms with E-state index < -0.39 is 5.63 Å². The molecular formula is C21H22N2O6S. The number of esters is 1. The lowest BCUT2D eigenvalue weighted by Gasteiger charge is -2.08. The Morgan fingerprint density at radius 3 is 2.83 bits per heavy atom. The summed E-state index contributed by atoms with van der Waals surface area (Å²) in [5.41, 5.74) is 1.76. The number of anilines is 1. The van der Waals surface area contributed by atoms with E-state index in [1.165, 1.54) is 11.3 Å². The number of hydrogen-bond acceptors (Lipinski definition) is 8. The van der Waals surface area contributed by atoms with Crippen molar-refractivity contribution in [1.82, 2.24) is 4.98 Å². The number of hydrogen-bond donors (Lipinski definition) is 1. The van der Waals surface area contributed by atoms with Crippen molar-refractivity contribution in [1.29, 1.82) is 0 Å². The molecule has 1 aromatic carbocycles. The van der Waals surface area contributed by atoms with Gasteiger partial charge in [0.1, 0.15) is 11.3 Å². The normalized spacial score (nSPS) is 10.8. The lowest BCUT2D eigenvalue weighted by Crippen LogP contribution is -2.16. The van der Waals surface area contributed by atoms with E-state index in [-0.39, 0.29) is 31.1 Å². The maximum atomic E-state index is 12.4. The second-order valence-corrected chi connectivity index (χ2v) is 7.39. The van der Waals surface area contributed by atoms with Crippen LogP contribution in [0.4, 0.5) is 5.13 Å². The fraction of sp³-hybridized carbons (Fsp3) is 0.333. The molecule has 0 aliphatic rings. The number of aromatic nitrogens is 1. The number of nitrogens with one attached hydrogen (secondary N) is 1. The molecule has 30 heavy (non-hydrogen) atoms. The summed E-state index contributed by atoms with van der Waals surface area (Å²) in [5.74, 6) is -0.0413. The van der Waals surface area contributed by atoms with Gasteiger partial charge in [0.25, 0.3) is 0 Å². The van der Waals surface area contributed by atoms with E-state index in [2.05, 4.69) is 10.3 Å². The van der Waals surface area contributed by atoms with Crippen LogP contribution >= 0.6 is 11.3 Å². The van der Waals surface area contributed by atoms with Gasteiger partial charge in [-0.3, -0.25) is 9.59 Å². The van der Waals surface area contributed by atoms with Gasteiger partial charge in [-0.1, -0.05) is 0 Å². The largest absolute Gasteiger partial charge is 0.497 e. The first-order valence-corrected chi connectivity index (χ1v) is 10.3. The second-order valence-electron chi connectivity index (χ2n) is 6.53. The van der Waals surface area contributed by atoms with E-state index in [9.17, 15) is 14.4 Å². The fourth-order valence-electron chi connectivity index (χ4n) is 3.02. The van der Waals surface area contributed by atoms with E-state index in [4.69, 9.17) is 13.9 Å². The van der Waals surface area contributed by atoms with E-state index >= 15 is 0 Å². The van der Waals surface area contributed by atoms with Crippen LogP contribution in [0.5, 0.6) is 5.75 Å². The molecule has 0 aliphatic carbocycles. The molecule has 0 saturated heterocycles. The quantitative estimate of drug-likeness (QED) is 0.432. The summed E-state index contributed by atoms with van der Waals surface area (Å²) in [6, 6.07) is 5.29. The molecule has 9 heteroatoms. The van der Waals surface area contributed by atoms with Gasteiger partial charge < -0.3 is 19.2 Å². The first-order chi connectivity index (χ1) is 14.4. The van der Waals surface area contributed by atoms with Crippen molar-refractivity contribution in [2.45, 2.75) is 33.1 Å². The Balaban J connectivity index is 1.65. The Labute approximate surface area is 176 Å². The van der Waals surface area contributed by atoms with Gasteiger partial charge in [-0.25, -0.2) is 9.78 Å². The molecule has 2 heterocycles. The fourth-order valence-corrected chi connectivity index (χ4v) is 3.74. The van der Waals surface area contributed by atoms with Gasteiger partial charge in [0, 0.05) is 28.8 Å². The molecule has 2 aromatic heterocycles.